The van der Waals surface area contributed by atoms with E-state index < -0.39 is 6.03 Å². The normalized spacial score (nSPS) is 11.2. The summed E-state index contributed by atoms with van der Waals surface area (Å²) in [7, 11) is 0. The highest BCUT2D eigenvalue weighted by atomic mass is 79.9. The van der Waals surface area contributed by atoms with Crippen molar-refractivity contribution < 1.29 is 15.0 Å². The molecule has 2 aromatic carbocycles. The summed E-state index contributed by atoms with van der Waals surface area (Å²) in [6, 6.07) is 5.93. The Balaban J connectivity index is 1.96. The lowest BCUT2D eigenvalue weighted by molar-refractivity contribution is 0.242. The Bertz CT molecular complexity index is 831. The summed E-state index contributed by atoms with van der Waals surface area (Å²) in [5.41, 5.74) is 5.21. The van der Waals surface area contributed by atoms with E-state index in [0.29, 0.717) is 20.1 Å². The van der Waals surface area contributed by atoms with Gasteiger partial charge in [0.15, 0.2) is 0 Å². The number of carbonyl (C=O) groups is 1. The first kappa shape index (κ1) is 20.9. The predicted molar refractivity (Wildman–Crippen MR) is 114 cm³/mol. The average molecular weight is 614 g/mol. The molecule has 0 atom stereocenters. The molecule has 0 aliphatic carbocycles. The van der Waals surface area contributed by atoms with Crippen molar-refractivity contribution in [3.05, 3.63) is 53.3 Å². The zero-order valence-corrected chi connectivity index (χ0v) is 19.0. The number of nitrogens with one attached hydrogen (secondary N) is 2. The van der Waals surface area contributed by atoms with Gasteiger partial charge in [0.25, 0.3) is 0 Å². The number of amides is 2. The van der Waals surface area contributed by atoms with E-state index in [1.807, 2.05) is 0 Å². The van der Waals surface area contributed by atoms with Gasteiger partial charge in [-0.05, 0) is 56.1 Å². The molecule has 26 heavy (non-hydrogen) atoms. The smallest absolute Gasteiger partial charge is 0.355 e. The number of phenols is 2. The quantitative estimate of drug-likeness (QED) is 0.294. The van der Waals surface area contributed by atoms with E-state index >= 15 is 0 Å². The van der Waals surface area contributed by atoms with Crippen molar-refractivity contribution in [2.45, 2.75) is 0 Å². The monoisotopic (exact) mass is 610 g/mol. The van der Waals surface area contributed by atoms with Gasteiger partial charge in [-0.2, -0.15) is 10.2 Å². The molecule has 136 valence electrons. The zero-order chi connectivity index (χ0) is 19.3. The van der Waals surface area contributed by atoms with E-state index in [4.69, 9.17) is 0 Å². The number of carbonyl (C=O) groups excluding carboxylic acids is 1. The topological polar surface area (TPSA) is 106 Å². The van der Waals surface area contributed by atoms with Crippen LogP contribution in [0.5, 0.6) is 11.5 Å². The van der Waals surface area contributed by atoms with Crippen LogP contribution in [0.3, 0.4) is 0 Å². The first-order chi connectivity index (χ1) is 12.3. The summed E-state index contributed by atoms with van der Waals surface area (Å²) in [6.07, 6.45) is 2.57. The largest absolute Gasteiger partial charge is 0.506 e. The van der Waals surface area contributed by atoms with Crippen LogP contribution < -0.4 is 10.9 Å². The molecule has 0 aliphatic heterocycles. The van der Waals surface area contributed by atoms with E-state index in [2.05, 4.69) is 84.8 Å². The number of urea groups is 1. The Morgan fingerprint density at radius 2 is 1.19 bits per heavy atom. The van der Waals surface area contributed by atoms with Crippen molar-refractivity contribution in [1.29, 1.82) is 0 Å². The van der Waals surface area contributed by atoms with Crippen LogP contribution in [0.4, 0.5) is 4.79 Å². The molecule has 2 amide bonds. The molecule has 0 unspecified atom stereocenters. The van der Waals surface area contributed by atoms with Crippen LogP contribution in [-0.4, -0.2) is 28.7 Å². The fraction of sp³-hybridized carbons (Fsp3) is 0. The number of rotatable bonds is 4. The van der Waals surface area contributed by atoms with Gasteiger partial charge in [0.05, 0.1) is 21.4 Å². The standard InChI is InChI=1S/C15H10Br4N4O3/c16-9-1-7(13(24)11(18)3-9)5-20-22-15(26)23-21-6-8-2-10(17)4-12(19)14(8)25/h1-6,24-25H,(H2,22,23,26)/b20-5-,21-6+. The molecule has 0 heterocycles. The molecule has 0 fully saturated rings. The lowest BCUT2D eigenvalue weighted by Gasteiger charge is -2.04. The highest BCUT2D eigenvalue weighted by Crippen LogP contribution is 2.31. The maximum Gasteiger partial charge on any atom is 0.355 e. The molecule has 2 rings (SSSR count). The van der Waals surface area contributed by atoms with Crippen LogP contribution >= 0.6 is 63.7 Å². The second-order valence-corrected chi connectivity index (χ2v) is 8.26. The summed E-state index contributed by atoms with van der Waals surface area (Å²) >= 11 is 13.0. The third kappa shape index (κ3) is 5.79. The van der Waals surface area contributed by atoms with Gasteiger partial charge in [0.2, 0.25) is 0 Å². The van der Waals surface area contributed by atoms with E-state index in [9.17, 15) is 15.0 Å². The summed E-state index contributed by atoms with van der Waals surface area (Å²) in [6.45, 7) is 0. The van der Waals surface area contributed by atoms with Crippen molar-refractivity contribution in [3.8, 4) is 11.5 Å². The second-order valence-electron chi connectivity index (χ2n) is 4.72. The van der Waals surface area contributed by atoms with Crippen LogP contribution in [0.25, 0.3) is 0 Å². The lowest BCUT2D eigenvalue weighted by Crippen LogP contribution is -2.28. The van der Waals surface area contributed by atoms with Crippen molar-refractivity contribution in [2.24, 2.45) is 10.2 Å². The summed E-state index contributed by atoms with van der Waals surface area (Å²) in [5, 5.41) is 27.2. The van der Waals surface area contributed by atoms with Crippen molar-refractivity contribution in [3.63, 3.8) is 0 Å². The third-order valence-electron chi connectivity index (χ3n) is 2.85. The molecule has 11 heteroatoms. The molecule has 0 aromatic heterocycles. The molecule has 7 nitrogen and oxygen atoms in total. The average Bonchev–Trinajstić information content (AvgIpc) is 2.56. The third-order valence-corrected chi connectivity index (χ3v) is 4.98. The van der Waals surface area contributed by atoms with E-state index in [-0.39, 0.29) is 11.5 Å². The van der Waals surface area contributed by atoms with Crippen molar-refractivity contribution in [1.82, 2.24) is 10.9 Å². The minimum Gasteiger partial charge on any atom is -0.506 e. The van der Waals surface area contributed by atoms with Gasteiger partial charge in [-0.1, -0.05) is 31.9 Å². The summed E-state index contributed by atoms with van der Waals surface area (Å²) < 4.78 is 2.44. The molecule has 0 bridgehead atoms. The first-order valence-corrected chi connectivity index (χ1v) is 9.93. The summed E-state index contributed by atoms with van der Waals surface area (Å²) in [4.78, 5) is 11.6. The van der Waals surface area contributed by atoms with E-state index in [0.717, 1.165) is 8.95 Å². The van der Waals surface area contributed by atoms with E-state index in [1.165, 1.54) is 12.4 Å². The molecule has 0 aliphatic rings. The number of hydrogen-bond acceptors (Lipinski definition) is 5. The predicted octanol–water partition coefficient (Wildman–Crippen LogP) is 4.82. The minimum absolute atomic E-state index is 0.00659. The summed E-state index contributed by atoms with van der Waals surface area (Å²) in [5.74, 6) is -0.0132. The van der Waals surface area contributed by atoms with E-state index in [1.54, 1.807) is 24.3 Å². The number of nitrogens with zero attached hydrogens (tertiary/aromatic N) is 2. The minimum atomic E-state index is -0.695. The molecular weight excluding hydrogens is 604 g/mol. The maximum absolute atomic E-state index is 11.6. The second kappa shape index (κ2) is 9.49. The highest BCUT2D eigenvalue weighted by Gasteiger charge is 2.06. The van der Waals surface area contributed by atoms with Crippen LogP contribution in [0.1, 0.15) is 11.1 Å². The molecular formula is C15H10Br4N4O3. The van der Waals surface area contributed by atoms with Crippen molar-refractivity contribution in [2.75, 3.05) is 0 Å². The number of hydrogen-bond donors (Lipinski definition) is 4. The van der Waals surface area contributed by atoms with Crippen LogP contribution in [0, 0.1) is 0 Å². The van der Waals surface area contributed by atoms with Crippen LogP contribution in [-0.2, 0) is 0 Å². The molecule has 0 radical (unpaired) electrons. The SMILES string of the molecule is O=C(N/N=C\c1cc(Br)cc(Br)c1O)N/N=C/c1cc(Br)cc(Br)c1O. The van der Waals surface area contributed by atoms with Crippen molar-refractivity contribution >= 4 is 82.2 Å². The Hall–Kier alpha value is -1.43. The van der Waals surface area contributed by atoms with Crippen LogP contribution in [0.15, 0.2) is 52.4 Å². The van der Waals surface area contributed by atoms with Gasteiger partial charge < -0.3 is 10.2 Å². The molecule has 0 saturated heterocycles. The first-order valence-electron chi connectivity index (χ1n) is 6.76. The van der Waals surface area contributed by atoms with Gasteiger partial charge in [-0.15, -0.1) is 0 Å². The van der Waals surface area contributed by atoms with Gasteiger partial charge in [0.1, 0.15) is 11.5 Å². The molecule has 4 N–H and O–H groups in total. The number of benzene rings is 2. The Labute approximate surface area is 182 Å². The fourth-order valence-corrected chi connectivity index (χ4v) is 4.23. The zero-order valence-electron chi connectivity index (χ0n) is 12.7. The number of aromatic hydroxyl groups is 2. The number of hydrazone groups is 2. The number of phenolic OH excluding ortho intramolecular Hbond substituents is 2. The Morgan fingerprint density at radius 3 is 1.58 bits per heavy atom. The Morgan fingerprint density at radius 1 is 0.808 bits per heavy atom. The van der Waals surface area contributed by atoms with Crippen LogP contribution in [0.2, 0.25) is 0 Å². The highest BCUT2D eigenvalue weighted by molar-refractivity contribution is 9.11. The molecule has 0 spiro atoms. The van der Waals surface area contributed by atoms with Gasteiger partial charge in [-0.25, -0.2) is 15.6 Å². The lowest BCUT2D eigenvalue weighted by atomic mass is 10.2. The molecule has 2 aromatic rings. The molecule has 0 saturated carbocycles. The van der Waals surface area contributed by atoms with Gasteiger partial charge >= 0.3 is 6.03 Å². The fourth-order valence-electron chi connectivity index (χ4n) is 1.71. The Kier molecular flexibility index (Phi) is 7.62. The number of halogens is 4. The maximum atomic E-state index is 11.6. The van der Waals surface area contributed by atoms with Gasteiger partial charge in [0, 0.05) is 20.1 Å². The van der Waals surface area contributed by atoms with Gasteiger partial charge in [-0.3, -0.25) is 0 Å².